The number of hydrogen-bond donors (Lipinski definition) is 1. The Kier molecular flexibility index (Phi) is 6.44. The molecule has 1 aromatic carbocycles. The van der Waals surface area contributed by atoms with E-state index in [1.54, 1.807) is 19.0 Å². The molecular weight excluding hydrogens is 358 g/mol. The van der Waals surface area contributed by atoms with E-state index in [9.17, 15) is 9.59 Å². The van der Waals surface area contributed by atoms with Crippen LogP contribution in [-0.2, 0) is 14.3 Å². The Labute approximate surface area is 166 Å². The normalized spacial score (nSPS) is 17.7. The molecule has 28 heavy (non-hydrogen) atoms. The maximum absolute atomic E-state index is 13.1. The predicted molar refractivity (Wildman–Crippen MR) is 107 cm³/mol. The number of anilines is 1. The van der Waals surface area contributed by atoms with E-state index in [0.29, 0.717) is 17.8 Å². The number of rotatable bonds is 7. The number of esters is 1. The number of nitrogens with one attached hydrogen (secondary N) is 1. The van der Waals surface area contributed by atoms with Gasteiger partial charge in [-0.1, -0.05) is 19.3 Å². The van der Waals surface area contributed by atoms with Gasteiger partial charge in [0.25, 0.3) is 5.91 Å². The first kappa shape index (κ1) is 20.0. The Morgan fingerprint density at radius 2 is 1.89 bits per heavy atom. The fourth-order valence-corrected chi connectivity index (χ4v) is 3.82. The smallest absolute Gasteiger partial charge is 0.338 e. The Hall–Kier alpha value is -2.70. The van der Waals surface area contributed by atoms with Crippen LogP contribution < -0.4 is 15.2 Å². The fourth-order valence-electron chi connectivity index (χ4n) is 3.82. The minimum atomic E-state index is -0.431. The van der Waals surface area contributed by atoms with Gasteiger partial charge in [0, 0.05) is 13.1 Å². The molecule has 0 unspecified atom stereocenters. The summed E-state index contributed by atoms with van der Waals surface area (Å²) < 4.78 is 10.4. The van der Waals surface area contributed by atoms with Crippen molar-refractivity contribution in [2.24, 2.45) is 0 Å². The van der Waals surface area contributed by atoms with Gasteiger partial charge < -0.3 is 14.4 Å². The highest BCUT2D eigenvalue weighted by Gasteiger charge is 2.39. The number of hydrogen-bond acceptors (Lipinski definition) is 6. The molecule has 7 heteroatoms. The second-order valence-electron chi connectivity index (χ2n) is 7.17. The molecule has 2 aliphatic rings. The Bertz CT molecular complexity index is 739. The molecule has 0 saturated heterocycles. The topological polar surface area (TPSA) is 71.1 Å². The summed E-state index contributed by atoms with van der Waals surface area (Å²) in [5, 5.41) is 1.73. The average Bonchev–Trinajstić information content (AvgIpc) is 3.05. The van der Waals surface area contributed by atoms with Gasteiger partial charge in [0.1, 0.15) is 11.4 Å². The maximum atomic E-state index is 13.1. The molecular formula is C21H29N3O4. The largest absolute Gasteiger partial charge is 0.497 e. The predicted octanol–water partition coefficient (Wildman–Crippen LogP) is 2.63. The van der Waals surface area contributed by atoms with Gasteiger partial charge in [-0.25, -0.2) is 4.79 Å². The summed E-state index contributed by atoms with van der Waals surface area (Å²) in [7, 11) is 3.43. The Balaban J connectivity index is 1.80. The monoisotopic (exact) mass is 387 g/mol. The quantitative estimate of drug-likeness (QED) is 0.573. The number of hydrazine groups is 1. The molecule has 0 aromatic heterocycles. The molecule has 1 amide bonds. The van der Waals surface area contributed by atoms with E-state index < -0.39 is 5.97 Å². The molecule has 7 nitrogen and oxygen atoms in total. The van der Waals surface area contributed by atoms with Crippen molar-refractivity contribution < 1.29 is 19.1 Å². The number of carbonyl (C=O) groups excluding carboxylic acids is 2. The first-order valence-corrected chi connectivity index (χ1v) is 9.90. The van der Waals surface area contributed by atoms with E-state index in [1.807, 2.05) is 36.2 Å². The second-order valence-corrected chi connectivity index (χ2v) is 7.17. The first-order chi connectivity index (χ1) is 13.5. The number of ether oxygens (including phenoxy) is 2. The fraction of sp³-hybridized carbons (Fsp3) is 0.524. The van der Waals surface area contributed by atoms with Gasteiger partial charge in [0.05, 0.1) is 31.5 Å². The maximum Gasteiger partial charge on any atom is 0.338 e. The lowest BCUT2D eigenvalue weighted by molar-refractivity contribution is -0.138. The third-order valence-electron chi connectivity index (χ3n) is 5.38. The lowest BCUT2D eigenvalue weighted by Crippen LogP contribution is -2.43. The van der Waals surface area contributed by atoms with Gasteiger partial charge in [0.15, 0.2) is 0 Å². The first-order valence-electron chi connectivity index (χ1n) is 9.90. The molecule has 1 aromatic rings. The third-order valence-corrected chi connectivity index (χ3v) is 5.38. The number of benzene rings is 1. The van der Waals surface area contributed by atoms with Gasteiger partial charge in [-0.3, -0.25) is 15.2 Å². The van der Waals surface area contributed by atoms with Crippen molar-refractivity contribution in [2.75, 3.05) is 32.3 Å². The molecule has 0 spiro atoms. The van der Waals surface area contributed by atoms with Crippen molar-refractivity contribution in [3.63, 3.8) is 0 Å². The summed E-state index contributed by atoms with van der Waals surface area (Å²) in [5.41, 5.74) is 4.68. The van der Waals surface area contributed by atoms with Crippen LogP contribution in [0.15, 0.2) is 35.5 Å². The average molecular weight is 387 g/mol. The summed E-state index contributed by atoms with van der Waals surface area (Å²) >= 11 is 0. The van der Waals surface area contributed by atoms with Crippen molar-refractivity contribution >= 4 is 17.6 Å². The van der Waals surface area contributed by atoms with E-state index in [4.69, 9.17) is 9.47 Å². The van der Waals surface area contributed by atoms with Crippen LogP contribution in [0.4, 0.5) is 5.69 Å². The zero-order valence-electron chi connectivity index (χ0n) is 16.9. The molecule has 3 rings (SSSR count). The zero-order chi connectivity index (χ0) is 20.1. The minimum absolute atomic E-state index is 0.129. The molecule has 1 fully saturated rings. The van der Waals surface area contributed by atoms with Gasteiger partial charge in [0.2, 0.25) is 0 Å². The molecule has 1 saturated carbocycles. The molecule has 0 bridgehead atoms. The molecule has 0 radical (unpaired) electrons. The van der Waals surface area contributed by atoms with Crippen molar-refractivity contribution in [1.29, 1.82) is 0 Å². The summed E-state index contributed by atoms with van der Waals surface area (Å²) in [6.07, 6.45) is 5.43. The zero-order valence-corrected chi connectivity index (χ0v) is 16.9. The molecule has 1 heterocycles. The second kappa shape index (κ2) is 8.99. The van der Waals surface area contributed by atoms with Gasteiger partial charge in [-0.15, -0.1) is 0 Å². The SMILES string of the molecule is CCOC(=O)C1=C(NN(C)c2ccc(OC)cc2)C(=O)N(C2CCCCC2)C1. The Morgan fingerprint density at radius 3 is 2.50 bits per heavy atom. The van der Waals surface area contributed by atoms with Crippen LogP contribution in [0.5, 0.6) is 5.75 Å². The number of nitrogens with zero attached hydrogens (tertiary/aromatic N) is 2. The lowest BCUT2D eigenvalue weighted by atomic mass is 9.94. The van der Waals surface area contributed by atoms with Gasteiger partial charge in [-0.2, -0.15) is 0 Å². The van der Waals surface area contributed by atoms with Crippen LogP contribution in [0.3, 0.4) is 0 Å². The highest BCUT2D eigenvalue weighted by atomic mass is 16.5. The van der Waals surface area contributed by atoms with Crippen molar-refractivity contribution in [1.82, 2.24) is 10.3 Å². The van der Waals surface area contributed by atoms with Crippen molar-refractivity contribution in [2.45, 2.75) is 45.1 Å². The van der Waals surface area contributed by atoms with Crippen molar-refractivity contribution in [3.05, 3.63) is 35.5 Å². The van der Waals surface area contributed by atoms with Gasteiger partial charge in [-0.05, 0) is 44.0 Å². The van der Waals surface area contributed by atoms with E-state index in [1.165, 1.54) is 6.42 Å². The summed E-state index contributed by atoms with van der Waals surface area (Å²) in [5.74, 6) is 0.194. The molecule has 1 N–H and O–H groups in total. The van der Waals surface area contributed by atoms with E-state index in [-0.39, 0.29) is 18.6 Å². The van der Waals surface area contributed by atoms with Crippen LogP contribution in [0.25, 0.3) is 0 Å². The van der Waals surface area contributed by atoms with Gasteiger partial charge >= 0.3 is 5.97 Å². The van der Waals surface area contributed by atoms with E-state index >= 15 is 0 Å². The lowest BCUT2D eigenvalue weighted by Gasteiger charge is -2.31. The summed E-state index contributed by atoms with van der Waals surface area (Å²) in [6, 6.07) is 7.65. The van der Waals surface area contributed by atoms with Crippen LogP contribution in [-0.4, -0.2) is 50.1 Å². The highest BCUT2D eigenvalue weighted by Crippen LogP contribution is 2.29. The number of amides is 1. The third kappa shape index (κ3) is 4.24. The number of methoxy groups -OCH3 is 1. The Morgan fingerprint density at radius 1 is 1.21 bits per heavy atom. The van der Waals surface area contributed by atoms with Crippen LogP contribution in [0.2, 0.25) is 0 Å². The van der Waals surface area contributed by atoms with Crippen LogP contribution in [0.1, 0.15) is 39.0 Å². The summed E-state index contributed by atoms with van der Waals surface area (Å²) in [4.78, 5) is 27.5. The highest BCUT2D eigenvalue weighted by molar-refractivity contribution is 6.06. The van der Waals surface area contributed by atoms with Crippen LogP contribution >= 0.6 is 0 Å². The standard InChI is InChI=1S/C21H29N3O4/c1-4-28-21(26)18-14-24(16-8-6-5-7-9-16)20(25)19(18)22-23(2)15-10-12-17(27-3)13-11-15/h10-13,16,22H,4-9,14H2,1-3H3. The summed E-state index contributed by atoms with van der Waals surface area (Å²) in [6.45, 7) is 2.35. The van der Waals surface area contributed by atoms with Crippen LogP contribution in [0, 0.1) is 0 Å². The number of carbonyl (C=O) groups is 2. The molecule has 1 aliphatic carbocycles. The van der Waals surface area contributed by atoms with E-state index in [2.05, 4.69) is 5.43 Å². The molecule has 152 valence electrons. The molecule has 1 aliphatic heterocycles. The van der Waals surface area contributed by atoms with Crippen molar-refractivity contribution in [3.8, 4) is 5.75 Å². The van der Waals surface area contributed by atoms with E-state index in [0.717, 1.165) is 37.1 Å². The minimum Gasteiger partial charge on any atom is -0.497 e. The molecule has 0 atom stereocenters.